The highest BCUT2D eigenvalue weighted by molar-refractivity contribution is 7.98. The van der Waals surface area contributed by atoms with Crippen molar-refractivity contribution in [2.75, 3.05) is 24.0 Å². The molecule has 1 aromatic heterocycles. The first-order valence-corrected chi connectivity index (χ1v) is 21.4. The molecule has 6 atom stereocenters. The number of primary amides is 1. The van der Waals surface area contributed by atoms with Crippen LogP contribution in [0.2, 0.25) is 0 Å². The van der Waals surface area contributed by atoms with Gasteiger partial charge in [0.05, 0.1) is 12.5 Å². The van der Waals surface area contributed by atoms with E-state index in [1.54, 1.807) is 26.3 Å². The molecule has 19 heteroatoms. The number of rotatable bonds is 24. The Hall–Kier alpha value is -5.27. The zero-order chi connectivity index (χ0) is 42.9. The summed E-state index contributed by atoms with van der Waals surface area (Å²) in [5.41, 5.74) is 13.8. The second kappa shape index (κ2) is 23.2. The van der Waals surface area contributed by atoms with E-state index in [1.807, 2.05) is 30.5 Å². The third-order valence-corrected chi connectivity index (χ3v) is 10.5. The molecule has 12 N–H and O–H groups in total. The third kappa shape index (κ3) is 14.6. The number of carboxylic acids is 1. The maximum Gasteiger partial charge on any atom is 0.305 e. The minimum Gasteiger partial charge on any atom is -0.508 e. The van der Waals surface area contributed by atoms with Crippen LogP contribution in [-0.4, -0.2) is 117 Å². The number of phenols is 1. The number of fused-ring (bicyclic) bond motifs is 1. The largest absolute Gasteiger partial charge is 0.508 e. The topological polar surface area (TPSA) is 288 Å². The van der Waals surface area contributed by atoms with Crippen LogP contribution in [0.5, 0.6) is 5.75 Å². The number of carboxylic acid groups (broad SMARTS) is 1. The van der Waals surface area contributed by atoms with Crippen molar-refractivity contribution >= 4 is 75.8 Å². The smallest absolute Gasteiger partial charge is 0.305 e. The van der Waals surface area contributed by atoms with Gasteiger partial charge in [-0.1, -0.05) is 44.2 Å². The van der Waals surface area contributed by atoms with E-state index in [-0.39, 0.29) is 31.4 Å². The summed E-state index contributed by atoms with van der Waals surface area (Å²) in [7, 11) is 0. The molecule has 0 fully saturated rings. The molecule has 6 amide bonds. The molecule has 3 aromatic rings. The average Bonchev–Trinajstić information content (AvgIpc) is 3.58. The maximum atomic E-state index is 14.0. The first kappa shape index (κ1) is 47.1. The molecule has 17 nitrogen and oxygen atoms in total. The van der Waals surface area contributed by atoms with Crippen LogP contribution in [0.3, 0.4) is 0 Å². The van der Waals surface area contributed by atoms with Crippen LogP contribution >= 0.6 is 23.5 Å². The van der Waals surface area contributed by atoms with Crippen LogP contribution in [0, 0.1) is 5.92 Å². The summed E-state index contributed by atoms with van der Waals surface area (Å²) in [6, 6.07) is 5.71. The van der Waals surface area contributed by atoms with Gasteiger partial charge in [0.25, 0.3) is 0 Å². The molecule has 0 spiro atoms. The molecule has 0 saturated carbocycles. The van der Waals surface area contributed by atoms with E-state index in [0.717, 1.165) is 16.5 Å². The van der Waals surface area contributed by atoms with E-state index in [4.69, 9.17) is 11.5 Å². The van der Waals surface area contributed by atoms with Crippen molar-refractivity contribution in [2.24, 2.45) is 17.4 Å². The summed E-state index contributed by atoms with van der Waals surface area (Å²) in [4.78, 5) is 95.2. The number of H-pyrrole nitrogens is 1. The summed E-state index contributed by atoms with van der Waals surface area (Å²) in [5, 5.41) is 33.3. The number of carbonyl (C=O) groups is 7. The molecule has 1 heterocycles. The summed E-state index contributed by atoms with van der Waals surface area (Å²) in [6.45, 7) is 3.40. The number of aliphatic carboxylic acids is 1. The standard InChI is InChI=1S/C39H54N8O9S2/c1-21(2)33(39(56)43-28(34(41)51)13-15-57-3)47-36(53)29(14-16-58-4)44-37(54)30(17-22-9-11-24(48)12-10-22)46-38(55)31(19-32(49)50)45-35(52)26(40)18-23-20-42-27-8-6-5-7-25(23)27/h5-12,20-21,26,28-31,33,42,48H,13-19,40H2,1-4H3,(H2,41,51)(H,43,56)(H,44,54)(H,45,52)(H,46,55)(H,47,53)(H,49,50)/t26-,28+,29-,30-,31-,33-/m0/s1. The third-order valence-electron chi connectivity index (χ3n) is 9.23. The fraction of sp³-hybridized carbons (Fsp3) is 0.462. The Balaban J connectivity index is 1.83. The first-order valence-electron chi connectivity index (χ1n) is 18.6. The fourth-order valence-corrected chi connectivity index (χ4v) is 6.93. The van der Waals surface area contributed by atoms with Gasteiger partial charge in [0, 0.05) is 23.5 Å². The lowest BCUT2D eigenvalue weighted by molar-refractivity contribution is -0.141. The molecular weight excluding hydrogens is 789 g/mol. The Bertz CT molecular complexity index is 1890. The number of nitrogens with two attached hydrogens (primary N) is 2. The van der Waals surface area contributed by atoms with Crippen molar-refractivity contribution in [3.8, 4) is 5.75 Å². The summed E-state index contributed by atoms with van der Waals surface area (Å²) in [6.07, 6.45) is 4.84. The van der Waals surface area contributed by atoms with E-state index < -0.39 is 90.0 Å². The zero-order valence-corrected chi connectivity index (χ0v) is 34.5. The number of nitrogens with one attached hydrogen (secondary N) is 6. The van der Waals surface area contributed by atoms with Crippen molar-refractivity contribution in [1.82, 2.24) is 31.6 Å². The van der Waals surface area contributed by atoms with Crippen molar-refractivity contribution in [1.29, 1.82) is 0 Å². The molecule has 0 radical (unpaired) electrons. The SMILES string of the molecule is CSCC[C@H](NC(=O)[C@H](Cc1ccc(O)cc1)NC(=O)[C@H](CC(=O)O)NC(=O)[C@@H](N)Cc1c[nH]c2ccccc12)C(=O)N[C@H](C(=O)N[C@H](CCSC)C(N)=O)C(C)C. The molecule has 0 unspecified atom stereocenters. The van der Waals surface area contributed by atoms with Crippen LogP contribution in [-0.2, 0) is 46.4 Å². The van der Waals surface area contributed by atoms with E-state index in [9.17, 15) is 43.8 Å². The minimum absolute atomic E-state index is 0.0501. The highest BCUT2D eigenvalue weighted by atomic mass is 32.2. The lowest BCUT2D eigenvalue weighted by atomic mass is 10.0. The molecule has 0 saturated heterocycles. The number of aromatic amines is 1. The van der Waals surface area contributed by atoms with Gasteiger partial charge >= 0.3 is 5.97 Å². The number of hydrogen-bond acceptors (Lipinski definition) is 11. The molecule has 58 heavy (non-hydrogen) atoms. The zero-order valence-electron chi connectivity index (χ0n) is 32.9. The van der Waals surface area contributed by atoms with Crippen LogP contribution in [0.1, 0.15) is 44.2 Å². The van der Waals surface area contributed by atoms with Crippen LogP contribution in [0.4, 0.5) is 0 Å². The van der Waals surface area contributed by atoms with E-state index in [0.29, 0.717) is 17.1 Å². The molecule has 0 aliphatic rings. The van der Waals surface area contributed by atoms with Gasteiger partial charge in [0.1, 0.15) is 36.0 Å². The van der Waals surface area contributed by atoms with Gasteiger partial charge in [-0.15, -0.1) is 0 Å². The Labute approximate surface area is 345 Å². The van der Waals surface area contributed by atoms with Gasteiger partial charge < -0.3 is 53.2 Å². The highest BCUT2D eigenvalue weighted by Crippen LogP contribution is 2.19. The van der Waals surface area contributed by atoms with Crippen molar-refractivity contribution < 1.29 is 43.8 Å². The van der Waals surface area contributed by atoms with E-state index in [2.05, 4.69) is 31.6 Å². The average molecular weight is 843 g/mol. The molecule has 3 rings (SSSR count). The van der Waals surface area contributed by atoms with Gasteiger partial charge in [-0.25, -0.2) is 0 Å². The number of aromatic hydroxyl groups is 1. The second-order valence-corrected chi connectivity index (χ2v) is 16.1. The lowest BCUT2D eigenvalue weighted by Gasteiger charge is -2.28. The van der Waals surface area contributed by atoms with Gasteiger partial charge in [-0.3, -0.25) is 33.6 Å². The lowest BCUT2D eigenvalue weighted by Crippen LogP contribution is -2.60. The number of thioether (sulfide) groups is 2. The summed E-state index contributed by atoms with van der Waals surface area (Å²) >= 11 is 2.87. The van der Waals surface area contributed by atoms with Crippen molar-refractivity contribution in [3.63, 3.8) is 0 Å². The Morgan fingerprint density at radius 3 is 1.86 bits per heavy atom. The Morgan fingerprint density at radius 1 is 0.707 bits per heavy atom. The first-order chi connectivity index (χ1) is 27.5. The summed E-state index contributed by atoms with van der Waals surface area (Å²) < 4.78 is 0. The van der Waals surface area contributed by atoms with Crippen molar-refractivity contribution in [3.05, 3.63) is 65.9 Å². The van der Waals surface area contributed by atoms with Crippen LogP contribution in [0.15, 0.2) is 54.7 Å². The Morgan fingerprint density at radius 2 is 1.26 bits per heavy atom. The number of benzene rings is 2. The molecule has 0 aliphatic heterocycles. The predicted octanol–water partition coefficient (Wildman–Crippen LogP) is 0.532. The van der Waals surface area contributed by atoms with E-state index >= 15 is 0 Å². The van der Waals surface area contributed by atoms with Crippen molar-refractivity contribution in [2.45, 2.75) is 82.2 Å². The number of para-hydroxylation sites is 1. The number of amides is 6. The second-order valence-electron chi connectivity index (χ2n) is 14.1. The van der Waals surface area contributed by atoms with Crippen LogP contribution in [0.25, 0.3) is 10.9 Å². The van der Waals surface area contributed by atoms with E-state index in [1.165, 1.54) is 47.8 Å². The van der Waals surface area contributed by atoms with Gasteiger partial charge in [-0.05, 0) is 78.5 Å². The molecular formula is C39H54N8O9S2. The Kier molecular flexibility index (Phi) is 18.9. The van der Waals surface area contributed by atoms with Gasteiger partial charge in [0.15, 0.2) is 0 Å². The number of aromatic nitrogens is 1. The number of carbonyl (C=O) groups excluding carboxylic acids is 6. The number of hydrogen-bond donors (Lipinski definition) is 10. The monoisotopic (exact) mass is 842 g/mol. The molecule has 2 aromatic carbocycles. The molecule has 0 aliphatic carbocycles. The number of phenolic OH excluding ortho intramolecular Hbond substituents is 1. The predicted molar refractivity (Wildman–Crippen MR) is 224 cm³/mol. The quantitative estimate of drug-likeness (QED) is 0.0592. The van der Waals surface area contributed by atoms with Crippen LogP contribution < -0.4 is 38.1 Å². The maximum absolute atomic E-state index is 14.0. The minimum atomic E-state index is -1.64. The van der Waals surface area contributed by atoms with Gasteiger partial charge in [0.2, 0.25) is 35.4 Å². The fourth-order valence-electron chi connectivity index (χ4n) is 5.99. The highest BCUT2D eigenvalue weighted by Gasteiger charge is 2.34. The normalized spacial score (nSPS) is 14.3. The molecule has 0 bridgehead atoms. The van der Waals surface area contributed by atoms with Gasteiger partial charge in [-0.2, -0.15) is 23.5 Å². The summed E-state index contributed by atoms with van der Waals surface area (Å²) in [5.74, 6) is -5.60. The molecule has 316 valence electrons.